The van der Waals surface area contributed by atoms with Crippen molar-refractivity contribution in [3.8, 4) is 6.07 Å². The number of carbonyl (C=O) groups excluding carboxylic acids is 2. The number of rotatable bonds is 5. The van der Waals surface area contributed by atoms with Gasteiger partial charge in [0, 0.05) is 23.7 Å². The number of alkyl carbamates (subject to hydrolysis) is 1. The first-order chi connectivity index (χ1) is 12.0. The van der Waals surface area contributed by atoms with E-state index < -0.39 is 0 Å². The fourth-order valence-corrected chi connectivity index (χ4v) is 3.21. The van der Waals surface area contributed by atoms with Crippen molar-refractivity contribution in [2.45, 2.75) is 57.6 Å². The van der Waals surface area contributed by atoms with Crippen LogP contribution in [0, 0.1) is 23.2 Å². The second kappa shape index (κ2) is 7.13. The number of aromatic amines is 1. The minimum atomic E-state index is -0.380. The maximum absolute atomic E-state index is 12.0. The van der Waals surface area contributed by atoms with Crippen molar-refractivity contribution in [3.05, 3.63) is 11.8 Å². The molecule has 1 heterocycles. The monoisotopic (exact) mass is 345 g/mol. The summed E-state index contributed by atoms with van der Waals surface area (Å²) in [4.78, 5) is 23.6. The van der Waals surface area contributed by atoms with Crippen molar-refractivity contribution in [3.63, 3.8) is 0 Å². The lowest BCUT2D eigenvalue weighted by Gasteiger charge is -2.14. The van der Waals surface area contributed by atoms with Gasteiger partial charge in [0.15, 0.2) is 5.82 Å². The summed E-state index contributed by atoms with van der Waals surface area (Å²) in [5.74, 6) is 0.174. The van der Waals surface area contributed by atoms with E-state index in [2.05, 4.69) is 26.9 Å². The summed E-state index contributed by atoms with van der Waals surface area (Å²) in [6.45, 7) is 3.78. The van der Waals surface area contributed by atoms with Crippen molar-refractivity contribution in [2.24, 2.45) is 11.8 Å². The number of nitrogens with zero attached hydrogens (tertiary/aromatic N) is 2. The number of ether oxygens (including phenoxy) is 1. The first-order valence-electron chi connectivity index (χ1n) is 8.69. The first kappa shape index (κ1) is 17.3. The van der Waals surface area contributed by atoms with Crippen LogP contribution in [0.1, 0.15) is 51.1 Å². The molecule has 2 aliphatic carbocycles. The SMILES string of the molecule is CC(C)NC(=O)O[C@@H]1CC[C@H](c2cc(NC(=O)[C@@H]3C[C@H]3C#N)n[nH]2)C1. The van der Waals surface area contributed by atoms with Gasteiger partial charge in [-0.05, 0) is 39.5 Å². The van der Waals surface area contributed by atoms with Gasteiger partial charge >= 0.3 is 6.09 Å². The van der Waals surface area contributed by atoms with Crippen molar-refractivity contribution in [1.29, 1.82) is 5.26 Å². The highest BCUT2D eigenvalue weighted by Gasteiger charge is 2.43. The Labute approximate surface area is 146 Å². The van der Waals surface area contributed by atoms with Crippen LogP contribution >= 0.6 is 0 Å². The number of amides is 2. The number of aromatic nitrogens is 2. The first-order valence-corrected chi connectivity index (χ1v) is 8.69. The van der Waals surface area contributed by atoms with E-state index in [4.69, 9.17) is 10.00 Å². The summed E-state index contributed by atoms with van der Waals surface area (Å²) in [5.41, 5.74) is 0.929. The van der Waals surface area contributed by atoms with Crippen LogP contribution in [0.3, 0.4) is 0 Å². The lowest BCUT2D eigenvalue weighted by Crippen LogP contribution is -2.33. The number of hydrogen-bond acceptors (Lipinski definition) is 5. The highest BCUT2D eigenvalue weighted by atomic mass is 16.6. The molecule has 2 fully saturated rings. The Morgan fingerprint density at radius 3 is 2.88 bits per heavy atom. The highest BCUT2D eigenvalue weighted by molar-refractivity contribution is 5.94. The van der Waals surface area contributed by atoms with Crippen molar-refractivity contribution < 1.29 is 14.3 Å². The van der Waals surface area contributed by atoms with Gasteiger partial charge in [0.1, 0.15) is 6.10 Å². The van der Waals surface area contributed by atoms with Gasteiger partial charge in [-0.25, -0.2) is 4.79 Å². The van der Waals surface area contributed by atoms with Crippen LogP contribution in [0.25, 0.3) is 0 Å². The third kappa shape index (κ3) is 4.29. The third-order valence-corrected chi connectivity index (χ3v) is 4.65. The Morgan fingerprint density at radius 1 is 1.40 bits per heavy atom. The standard InChI is InChI=1S/C17H23N5O3/c1-9(2)19-17(24)25-12-4-3-10(5-12)14-7-15(22-21-14)20-16(23)13-6-11(13)8-18/h7,9-13H,3-6H2,1-2H3,(H,19,24)(H2,20,21,22,23)/t10-,11-,12+,13+/m0/s1. The molecule has 134 valence electrons. The molecule has 0 aromatic carbocycles. The molecule has 4 atom stereocenters. The molecule has 1 aromatic rings. The van der Waals surface area contributed by atoms with E-state index in [1.165, 1.54) is 0 Å². The number of H-pyrrole nitrogens is 1. The zero-order chi connectivity index (χ0) is 18.0. The zero-order valence-electron chi connectivity index (χ0n) is 14.4. The fraction of sp³-hybridized carbons (Fsp3) is 0.647. The minimum absolute atomic E-state index is 0.0515. The number of nitriles is 1. The molecular weight excluding hydrogens is 322 g/mol. The van der Waals surface area contributed by atoms with Crippen LogP contribution in [0.4, 0.5) is 10.6 Å². The largest absolute Gasteiger partial charge is 0.446 e. The van der Waals surface area contributed by atoms with Crippen LogP contribution in [-0.4, -0.2) is 34.3 Å². The van der Waals surface area contributed by atoms with E-state index in [-0.39, 0.29) is 41.9 Å². The topological polar surface area (TPSA) is 120 Å². The average molecular weight is 345 g/mol. The number of carbonyl (C=O) groups is 2. The van der Waals surface area contributed by atoms with Crippen LogP contribution in [0.2, 0.25) is 0 Å². The summed E-state index contributed by atoms with van der Waals surface area (Å²) < 4.78 is 5.42. The summed E-state index contributed by atoms with van der Waals surface area (Å²) in [7, 11) is 0. The van der Waals surface area contributed by atoms with Gasteiger partial charge in [-0.15, -0.1) is 0 Å². The summed E-state index contributed by atoms with van der Waals surface area (Å²) >= 11 is 0. The van der Waals surface area contributed by atoms with Crippen LogP contribution in [0.15, 0.2) is 6.07 Å². The van der Waals surface area contributed by atoms with Gasteiger partial charge in [-0.1, -0.05) is 0 Å². The molecule has 2 saturated carbocycles. The van der Waals surface area contributed by atoms with E-state index >= 15 is 0 Å². The highest BCUT2D eigenvalue weighted by Crippen LogP contribution is 2.39. The fourth-order valence-electron chi connectivity index (χ4n) is 3.21. The van der Waals surface area contributed by atoms with E-state index in [1.54, 1.807) is 0 Å². The molecule has 0 radical (unpaired) electrons. The molecule has 0 saturated heterocycles. The Kier molecular flexibility index (Phi) is 4.93. The molecule has 3 rings (SSSR count). The van der Waals surface area contributed by atoms with Gasteiger partial charge < -0.3 is 15.4 Å². The molecular formula is C17H23N5O3. The Balaban J connectivity index is 1.49. The quantitative estimate of drug-likeness (QED) is 0.756. The third-order valence-electron chi connectivity index (χ3n) is 4.65. The normalized spacial score (nSPS) is 27.6. The van der Waals surface area contributed by atoms with Crippen LogP contribution < -0.4 is 10.6 Å². The second-order valence-corrected chi connectivity index (χ2v) is 7.11. The lowest BCUT2D eigenvalue weighted by atomic mass is 10.0. The summed E-state index contributed by atoms with van der Waals surface area (Å²) in [6.07, 6.45) is 2.58. The molecule has 8 heteroatoms. The van der Waals surface area contributed by atoms with Gasteiger partial charge in [-0.3, -0.25) is 9.89 Å². The van der Waals surface area contributed by atoms with Crippen LogP contribution in [-0.2, 0) is 9.53 Å². The van der Waals surface area contributed by atoms with Gasteiger partial charge in [0.2, 0.25) is 5.91 Å². The van der Waals surface area contributed by atoms with Crippen LogP contribution in [0.5, 0.6) is 0 Å². The second-order valence-electron chi connectivity index (χ2n) is 7.11. The van der Waals surface area contributed by atoms with Gasteiger partial charge in [-0.2, -0.15) is 10.4 Å². The predicted molar refractivity (Wildman–Crippen MR) is 89.6 cm³/mol. The molecule has 0 unspecified atom stereocenters. The van der Waals surface area contributed by atoms with Gasteiger partial charge in [0.05, 0.1) is 17.9 Å². The minimum Gasteiger partial charge on any atom is -0.446 e. The Bertz CT molecular complexity index is 693. The summed E-state index contributed by atoms with van der Waals surface area (Å²) in [6, 6.07) is 3.98. The smallest absolute Gasteiger partial charge is 0.407 e. The number of hydrogen-bond donors (Lipinski definition) is 3. The van der Waals surface area contributed by atoms with E-state index in [9.17, 15) is 9.59 Å². The summed E-state index contributed by atoms with van der Waals surface area (Å²) in [5, 5.41) is 21.3. The molecule has 0 aliphatic heterocycles. The molecule has 2 amide bonds. The molecule has 8 nitrogen and oxygen atoms in total. The van der Waals surface area contributed by atoms with Crippen molar-refractivity contribution in [2.75, 3.05) is 5.32 Å². The van der Waals surface area contributed by atoms with E-state index in [0.717, 1.165) is 25.0 Å². The van der Waals surface area contributed by atoms with E-state index in [0.29, 0.717) is 12.2 Å². The van der Waals surface area contributed by atoms with Crippen molar-refractivity contribution >= 4 is 17.8 Å². The number of anilines is 1. The molecule has 0 bridgehead atoms. The molecule has 0 spiro atoms. The molecule has 25 heavy (non-hydrogen) atoms. The lowest BCUT2D eigenvalue weighted by molar-refractivity contribution is -0.117. The predicted octanol–water partition coefficient (Wildman–Crippen LogP) is 2.28. The Morgan fingerprint density at radius 2 is 2.20 bits per heavy atom. The molecule has 2 aliphatic rings. The van der Waals surface area contributed by atoms with Crippen molar-refractivity contribution in [1.82, 2.24) is 15.5 Å². The zero-order valence-corrected chi connectivity index (χ0v) is 14.4. The van der Waals surface area contributed by atoms with Gasteiger partial charge in [0.25, 0.3) is 0 Å². The maximum Gasteiger partial charge on any atom is 0.407 e. The molecule has 3 N–H and O–H groups in total. The average Bonchev–Trinajstić information content (AvgIpc) is 2.96. The Hall–Kier alpha value is -2.56. The molecule has 1 aromatic heterocycles. The maximum atomic E-state index is 12.0. The number of nitrogens with one attached hydrogen (secondary N) is 3. The van der Waals surface area contributed by atoms with E-state index in [1.807, 2.05) is 19.9 Å².